The molecule has 0 heterocycles. The number of imide groups is 1. The molecule has 0 aliphatic rings. The summed E-state index contributed by atoms with van der Waals surface area (Å²) in [5.41, 5.74) is 5.23. The average Bonchev–Trinajstić information content (AvgIpc) is 2.07. The van der Waals surface area contributed by atoms with E-state index in [1.807, 2.05) is 19.2 Å². The fraction of sp³-hybridized carbons (Fsp3) is 0.714. The molecule has 4 heteroatoms. The third-order valence-electron chi connectivity index (χ3n) is 0.978. The lowest BCUT2D eigenvalue weighted by Gasteiger charge is -2.03. The van der Waals surface area contributed by atoms with E-state index >= 15 is 0 Å². The summed E-state index contributed by atoms with van der Waals surface area (Å²) in [6, 6.07) is -0.560. The highest BCUT2D eigenvalue weighted by atomic mass is 16.2. The van der Waals surface area contributed by atoms with Crippen LogP contribution in [0.25, 0.3) is 0 Å². The van der Waals surface area contributed by atoms with Crippen LogP contribution < -0.4 is 11.1 Å². The molecule has 0 aromatic heterocycles. The first-order valence-corrected chi connectivity index (χ1v) is 3.72. The zero-order chi connectivity index (χ0) is 9.28. The van der Waals surface area contributed by atoms with E-state index in [1.165, 1.54) is 0 Å². The highest BCUT2D eigenvalue weighted by Gasteiger charge is 2.07. The van der Waals surface area contributed by atoms with Gasteiger partial charge < -0.3 is 5.73 Å². The van der Waals surface area contributed by atoms with E-state index < -0.39 is 11.9 Å². The molecule has 0 fully saturated rings. The monoisotopic (exact) mass is 160 g/mol. The van der Waals surface area contributed by atoms with Gasteiger partial charge in [-0.3, -0.25) is 14.9 Å². The Balaban J connectivity index is 0. The summed E-state index contributed by atoms with van der Waals surface area (Å²) in [7, 11) is 0. The van der Waals surface area contributed by atoms with Crippen LogP contribution in [0.4, 0.5) is 0 Å². The van der Waals surface area contributed by atoms with E-state index in [4.69, 9.17) is 5.73 Å². The van der Waals surface area contributed by atoms with Crippen molar-refractivity contribution in [2.75, 3.05) is 0 Å². The minimum atomic E-state index is -0.560. The third kappa shape index (κ3) is 6.99. The normalized spacial score (nSPS) is 10.5. The summed E-state index contributed by atoms with van der Waals surface area (Å²) in [4.78, 5) is 20.2. The number of amides is 2. The van der Waals surface area contributed by atoms with Crippen LogP contribution in [0.5, 0.6) is 0 Å². The number of hydrogen-bond donors (Lipinski definition) is 2. The van der Waals surface area contributed by atoms with Crippen LogP contribution >= 0.6 is 0 Å². The summed E-state index contributed by atoms with van der Waals surface area (Å²) in [6.07, 6.45) is 0.873. The topological polar surface area (TPSA) is 72.2 Å². The van der Waals surface area contributed by atoms with Crippen molar-refractivity contribution in [3.8, 4) is 0 Å². The van der Waals surface area contributed by atoms with E-state index in [2.05, 4.69) is 0 Å². The standard InChI is InChI=1S/C5H10N2O2.C2H6/c1-2-4(6)5(9)7-3-8;1-2/h3-4H,2,6H2,1H3,(H,7,8,9);1-2H3. The van der Waals surface area contributed by atoms with Crippen molar-refractivity contribution in [1.82, 2.24) is 5.32 Å². The van der Waals surface area contributed by atoms with E-state index in [-0.39, 0.29) is 0 Å². The number of nitrogens with one attached hydrogen (secondary N) is 1. The van der Waals surface area contributed by atoms with Crippen LogP contribution in [0.2, 0.25) is 0 Å². The van der Waals surface area contributed by atoms with E-state index in [0.717, 1.165) is 0 Å². The minimum absolute atomic E-state index is 0.331. The van der Waals surface area contributed by atoms with Crippen molar-refractivity contribution in [3.63, 3.8) is 0 Å². The Labute approximate surface area is 67.1 Å². The fourth-order valence-corrected chi connectivity index (χ4v) is 0.351. The summed E-state index contributed by atoms with van der Waals surface area (Å²) < 4.78 is 0. The van der Waals surface area contributed by atoms with E-state index in [1.54, 1.807) is 6.92 Å². The molecule has 0 rings (SSSR count). The first-order valence-electron chi connectivity index (χ1n) is 3.72. The van der Waals surface area contributed by atoms with Crippen molar-refractivity contribution in [3.05, 3.63) is 0 Å². The van der Waals surface area contributed by atoms with Gasteiger partial charge in [0.05, 0.1) is 6.04 Å². The Morgan fingerprint density at radius 1 is 1.64 bits per heavy atom. The SMILES string of the molecule is CC.CCC(N)C(=O)NC=O. The van der Waals surface area contributed by atoms with Crippen LogP contribution in [0, 0.1) is 0 Å². The fourth-order valence-electron chi connectivity index (χ4n) is 0.351. The Bertz CT molecular complexity index is 115. The van der Waals surface area contributed by atoms with Crippen LogP contribution in [0.1, 0.15) is 27.2 Å². The smallest absolute Gasteiger partial charge is 0.243 e. The molecule has 4 nitrogen and oxygen atoms in total. The summed E-state index contributed by atoms with van der Waals surface area (Å²) in [5.74, 6) is -0.424. The van der Waals surface area contributed by atoms with Gasteiger partial charge in [-0.1, -0.05) is 20.8 Å². The third-order valence-corrected chi connectivity index (χ3v) is 0.978. The molecule has 0 bridgehead atoms. The van der Waals surface area contributed by atoms with Crippen molar-refractivity contribution in [1.29, 1.82) is 0 Å². The van der Waals surface area contributed by atoms with Crippen LogP contribution in [-0.4, -0.2) is 18.4 Å². The van der Waals surface area contributed by atoms with Gasteiger partial charge in [-0.15, -0.1) is 0 Å². The highest BCUT2D eigenvalue weighted by Crippen LogP contribution is 1.82. The largest absolute Gasteiger partial charge is 0.320 e. The zero-order valence-electron chi connectivity index (χ0n) is 7.26. The average molecular weight is 160 g/mol. The molecule has 0 spiro atoms. The lowest BCUT2D eigenvalue weighted by Crippen LogP contribution is -2.39. The zero-order valence-corrected chi connectivity index (χ0v) is 7.26. The van der Waals surface area contributed by atoms with Gasteiger partial charge in [0.2, 0.25) is 12.3 Å². The molecule has 0 aromatic carbocycles. The molecule has 2 amide bonds. The quantitative estimate of drug-likeness (QED) is 0.572. The maximum atomic E-state index is 10.5. The molecule has 1 unspecified atom stereocenters. The number of carbonyl (C=O) groups excluding carboxylic acids is 2. The van der Waals surface area contributed by atoms with Gasteiger partial charge in [-0.25, -0.2) is 0 Å². The minimum Gasteiger partial charge on any atom is -0.320 e. The molecule has 11 heavy (non-hydrogen) atoms. The molecule has 0 aliphatic carbocycles. The molecule has 0 radical (unpaired) electrons. The Morgan fingerprint density at radius 3 is 2.36 bits per heavy atom. The Hall–Kier alpha value is -0.900. The number of carbonyl (C=O) groups is 2. The van der Waals surface area contributed by atoms with Gasteiger partial charge in [0.15, 0.2) is 0 Å². The van der Waals surface area contributed by atoms with E-state index in [0.29, 0.717) is 12.8 Å². The maximum Gasteiger partial charge on any atom is 0.243 e. The molecule has 3 N–H and O–H groups in total. The lowest BCUT2D eigenvalue weighted by atomic mass is 10.2. The molecule has 0 aliphatic heterocycles. The predicted molar refractivity (Wildman–Crippen MR) is 43.8 cm³/mol. The van der Waals surface area contributed by atoms with Crippen LogP contribution in [0.15, 0.2) is 0 Å². The van der Waals surface area contributed by atoms with Gasteiger partial charge >= 0.3 is 0 Å². The van der Waals surface area contributed by atoms with Gasteiger partial charge in [0.1, 0.15) is 0 Å². The second-order valence-corrected chi connectivity index (χ2v) is 1.64. The summed E-state index contributed by atoms with van der Waals surface area (Å²) >= 11 is 0. The number of hydrogen-bond acceptors (Lipinski definition) is 3. The van der Waals surface area contributed by atoms with Crippen LogP contribution in [-0.2, 0) is 9.59 Å². The first-order chi connectivity index (χ1) is 5.22. The number of nitrogens with two attached hydrogens (primary N) is 1. The van der Waals surface area contributed by atoms with E-state index in [9.17, 15) is 9.59 Å². The van der Waals surface area contributed by atoms with Gasteiger partial charge in [-0.2, -0.15) is 0 Å². The van der Waals surface area contributed by atoms with Crippen molar-refractivity contribution < 1.29 is 9.59 Å². The van der Waals surface area contributed by atoms with Gasteiger partial charge in [-0.05, 0) is 6.42 Å². The lowest BCUT2D eigenvalue weighted by molar-refractivity contribution is -0.126. The molecule has 0 saturated heterocycles. The van der Waals surface area contributed by atoms with Gasteiger partial charge in [0.25, 0.3) is 0 Å². The number of rotatable bonds is 3. The molecule has 0 saturated carbocycles. The summed E-state index contributed by atoms with van der Waals surface area (Å²) in [6.45, 7) is 5.77. The molecular formula is C7H16N2O2. The van der Waals surface area contributed by atoms with Crippen molar-refractivity contribution in [2.45, 2.75) is 33.2 Å². The highest BCUT2D eigenvalue weighted by molar-refractivity contribution is 5.89. The second kappa shape index (κ2) is 9.10. The molecule has 0 aromatic rings. The molecule has 66 valence electrons. The molecular weight excluding hydrogens is 144 g/mol. The first kappa shape index (κ1) is 12.7. The van der Waals surface area contributed by atoms with Crippen LogP contribution in [0.3, 0.4) is 0 Å². The van der Waals surface area contributed by atoms with Crippen molar-refractivity contribution in [2.24, 2.45) is 5.73 Å². The van der Waals surface area contributed by atoms with Crippen molar-refractivity contribution >= 4 is 12.3 Å². The molecule has 1 atom stereocenters. The second-order valence-electron chi connectivity index (χ2n) is 1.64. The maximum absolute atomic E-state index is 10.5. The predicted octanol–water partition coefficient (Wildman–Crippen LogP) is 0.0225. The van der Waals surface area contributed by atoms with Gasteiger partial charge in [0, 0.05) is 0 Å². The Morgan fingerprint density at radius 2 is 2.09 bits per heavy atom. The Kier molecular flexibility index (Phi) is 10.5. The summed E-state index contributed by atoms with van der Waals surface area (Å²) in [5, 5.41) is 1.95.